The summed E-state index contributed by atoms with van der Waals surface area (Å²) < 4.78 is 26.5. The Balaban J connectivity index is 2.15. The fourth-order valence-corrected chi connectivity index (χ4v) is 3.76. The molecule has 1 heterocycles. The summed E-state index contributed by atoms with van der Waals surface area (Å²) in [6, 6.07) is 8.17. The van der Waals surface area contributed by atoms with E-state index in [1.807, 2.05) is 0 Å². The molecule has 1 N–H and O–H groups in total. The molecule has 96 valence electrons. The van der Waals surface area contributed by atoms with E-state index in [1.54, 1.807) is 35.7 Å². The van der Waals surface area contributed by atoms with Crippen LogP contribution in [-0.4, -0.2) is 8.42 Å². The zero-order valence-corrected chi connectivity index (χ0v) is 12.2. The zero-order chi connectivity index (χ0) is 13.2. The van der Waals surface area contributed by atoms with Crippen LogP contribution in [0, 0.1) is 0 Å². The van der Waals surface area contributed by atoms with Gasteiger partial charge >= 0.3 is 0 Å². The van der Waals surface area contributed by atoms with Gasteiger partial charge in [0.2, 0.25) is 10.0 Å². The molecule has 0 aliphatic heterocycles. The van der Waals surface area contributed by atoms with E-state index in [0.717, 1.165) is 11.3 Å². The first kappa shape index (κ1) is 13.8. The molecule has 0 radical (unpaired) electrons. The standard InChI is InChI=1S/C11H9Cl2NO2S2/c12-9-3-4-10(13)8(6-9)7-14-18(15,16)11-2-1-5-17-11/h1-6,14H,7H2. The Morgan fingerprint density at radius 2 is 2.00 bits per heavy atom. The Morgan fingerprint density at radius 1 is 1.22 bits per heavy atom. The third kappa shape index (κ3) is 3.24. The lowest BCUT2D eigenvalue weighted by atomic mass is 10.2. The van der Waals surface area contributed by atoms with Crippen LogP contribution in [0.15, 0.2) is 39.9 Å². The zero-order valence-electron chi connectivity index (χ0n) is 9.06. The number of hydrogen-bond donors (Lipinski definition) is 1. The van der Waals surface area contributed by atoms with E-state index in [0.29, 0.717) is 15.6 Å². The van der Waals surface area contributed by atoms with E-state index in [2.05, 4.69) is 4.72 Å². The molecule has 0 spiro atoms. The Hall–Kier alpha value is -0.590. The van der Waals surface area contributed by atoms with Crippen LogP contribution < -0.4 is 4.72 Å². The molecule has 2 rings (SSSR count). The first-order valence-corrected chi connectivity index (χ1v) is 8.08. The number of thiophene rings is 1. The van der Waals surface area contributed by atoms with Crippen molar-refractivity contribution in [3.63, 3.8) is 0 Å². The van der Waals surface area contributed by atoms with Crippen molar-refractivity contribution in [3.05, 3.63) is 51.3 Å². The lowest BCUT2D eigenvalue weighted by Gasteiger charge is -2.07. The van der Waals surface area contributed by atoms with Gasteiger partial charge in [0, 0.05) is 16.6 Å². The molecular weight excluding hydrogens is 313 g/mol. The van der Waals surface area contributed by atoms with Gasteiger partial charge in [-0.3, -0.25) is 0 Å². The number of nitrogens with one attached hydrogen (secondary N) is 1. The minimum Gasteiger partial charge on any atom is -0.206 e. The molecule has 0 aliphatic carbocycles. The predicted octanol–water partition coefficient (Wildman–Crippen LogP) is 3.53. The maximum atomic E-state index is 11.9. The number of benzene rings is 1. The van der Waals surface area contributed by atoms with Crippen LogP contribution in [0.4, 0.5) is 0 Å². The highest BCUT2D eigenvalue weighted by Crippen LogP contribution is 2.21. The van der Waals surface area contributed by atoms with E-state index in [9.17, 15) is 8.42 Å². The summed E-state index contributed by atoms with van der Waals surface area (Å²) in [5, 5.41) is 2.71. The summed E-state index contributed by atoms with van der Waals surface area (Å²) in [7, 11) is -3.48. The molecule has 18 heavy (non-hydrogen) atoms. The van der Waals surface area contributed by atoms with Gasteiger partial charge in [-0.2, -0.15) is 0 Å². The molecule has 0 fully saturated rings. The second-order valence-electron chi connectivity index (χ2n) is 3.49. The second kappa shape index (κ2) is 5.59. The summed E-state index contributed by atoms with van der Waals surface area (Å²) in [4.78, 5) is 0. The van der Waals surface area contributed by atoms with Gasteiger partial charge < -0.3 is 0 Å². The summed E-state index contributed by atoms with van der Waals surface area (Å²) in [6.45, 7) is 0.111. The van der Waals surface area contributed by atoms with Gasteiger partial charge in [0.15, 0.2) is 0 Å². The second-order valence-corrected chi connectivity index (χ2v) is 7.28. The highest BCUT2D eigenvalue weighted by Gasteiger charge is 2.15. The van der Waals surface area contributed by atoms with Crippen molar-refractivity contribution in [3.8, 4) is 0 Å². The third-order valence-corrected chi connectivity index (χ3v) is 5.62. The van der Waals surface area contributed by atoms with Crippen LogP contribution in [-0.2, 0) is 16.6 Å². The van der Waals surface area contributed by atoms with Crippen LogP contribution >= 0.6 is 34.5 Å². The minimum atomic E-state index is -3.48. The Labute approximate surface area is 119 Å². The van der Waals surface area contributed by atoms with Crippen molar-refractivity contribution < 1.29 is 8.42 Å². The Kier molecular flexibility index (Phi) is 4.29. The molecule has 2 aromatic rings. The fourth-order valence-electron chi connectivity index (χ4n) is 1.34. The SMILES string of the molecule is O=S(=O)(NCc1cc(Cl)ccc1Cl)c1cccs1. The molecule has 0 saturated heterocycles. The lowest BCUT2D eigenvalue weighted by Crippen LogP contribution is -2.22. The summed E-state index contributed by atoms with van der Waals surface area (Å²) in [5.41, 5.74) is 0.643. The average molecular weight is 322 g/mol. The van der Waals surface area contributed by atoms with Gasteiger partial charge in [0.05, 0.1) is 0 Å². The van der Waals surface area contributed by atoms with E-state index in [4.69, 9.17) is 23.2 Å². The number of sulfonamides is 1. The highest BCUT2D eigenvalue weighted by atomic mass is 35.5. The van der Waals surface area contributed by atoms with Gasteiger partial charge in [-0.15, -0.1) is 11.3 Å². The average Bonchev–Trinajstić information content (AvgIpc) is 2.85. The predicted molar refractivity (Wildman–Crippen MR) is 74.8 cm³/mol. The van der Waals surface area contributed by atoms with Crippen molar-refractivity contribution in [1.82, 2.24) is 4.72 Å². The Bertz CT molecular complexity index is 639. The van der Waals surface area contributed by atoms with Gasteiger partial charge in [-0.1, -0.05) is 29.3 Å². The molecule has 1 aromatic heterocycles. The van der Waals surface area contributed by atoms with Crippen molar-refractivity contribution >= 4 is 44.6 Å². The van der Waals surface area contributed by atoms with Gasteiger partial charge in [0.25, 0.3) is 0 Å². The summed E-state index contributed by atoms with van der Waals surface area (Å²) in [6.07, 6.45) is 0. The van der Waals surface area contributed by atoms with Crippen LogP contribution in [0.25, 0.3) is 0 Å². The molecule has 3 nitrogen and oxygen atoms in total. The topological polar surface area (TPSA) is 46.2 Å². The molecule has 0 aliphatic rings. The van der Waals surface area contributed by atoms with Crippen LogP contribution in [0.1, 0.15) is 5.56 Å². The van der Waals surface area contributed by atoms with E-state index >= 15 is 0 Å². The minimum absolute atomic E-state index is 0.111. The fraction of sp³-hybridized carbons (Fsp3) is 0.0909. The maximum Gasteiger partial charge on any atom is 0.250 e. The van der Waals surface area contributed by atoms with Gasteiger partial charge in [0.1, 0.15) is 4.21 Å². The molecule has 0 unspecified atom stereocenters. The van der Waals surface area contributed by atoms with Crippen LogP contribution in [0.3, 0.4) is 0 Å². The number of rotatable bonds is 4. The maximum absolute atomic E-state index is 11.9. The smallest absolute Gasteiger partial charge is 0.206 e. The molecule has 0 amide bonds. The highest BCUT2D eigenvalue weighted by molar-refractivity contribution is 7.91. The van der Waals surface area contributed by atoms with E-state index in [1.165, 1.54) is 0 Å². The van der Waals surface area contributed by atoms with E-state index < -0.39 is 10.0 Å². The van der Waals surface area contributed by atoms with Crippen molar-refractivity contribution in [1.29, 1.82) is 0 Å². The lowest BCUT2D eigenvalue weighted by molar-refractivity contribution is 0.583. The van der Waals surface area contributed by atoms with Crippen molar-refractivity contribution in [2.75, 3.05) is 0 Å². The largest absolute Gasteiger partial charge is 0.250 e. The third-order valence-electron chi connectivity index (χ3n) is 2.22. The first-order valence-electron chi connectivity index (χ1n) is 4.96. The van der Waals surface area contributed by atoms with Crippen molar-refractivity contribution in [2.45, 2.75) is 10.8 Å². The number of hydrogen-bond acceptors (Lipinski definition) is 3. The van der Waals surface area contributed by atoms with Gasteiger partial charge in [-0.25, -0.2) is 13.1 Å². The molecule has 1 aromatic carbocycles. The monoisotopic (exact) mass is 321 g/mol. The molecule has 7 heteroatoms. The van der Waals surface area contributed by atoms with Crippen LogP contribution in [0.2, 0.25) is 10.0 Å². The molecule has 0 saturated carbocycles. The van der Waals surface area contributed by atoms with Gasteiger partial charge in [-0.05, 0) is 35.2 Å². The summed E-state index contributed by atoms with van der Waals surface area (Å²) >= 11 is 13.0. The Morgan fingerprint density at radius 3 is 2.67 bits per heavy atom. The quantitative estimate of drug-likeness (QED) is 0.936. The summed E-state index contributed by atoms with van der Waals surface area (Å²) in [5.74, 6) is 0. The first-order chi connectivity index (χ1) is 8.49. The molecule has 0 atom stereocenters. The van der Waals surface area contributed by atoms with E-state index in [-0.39, 0.29) is 10.8 Å². The van der Waals surface area contributed by atoms with Crippen molar-refractivity contribution in [2.24, 2.45) is 0 Å². The normalized spacial score (nSPS) is 11.7. The molecule has 0 bridgehead atoms. The van der Waals surface area contributed by atoms with Crippen LogP contribution in [0.5, 0.6) is 0 Å². The number of halogens is 2. The molecular formula is C11H9Cl2NO2S2.